The largest absolute Gasteiger partial charge is 0.296 e. The first-order chi connectivity index (χ1) is 9.82. The van der Waals surface area contributed by atoms with Gasteiger partial charge in [0.05, 0.1) is 0 Å². The van der Waals surface area contributed by atoms with Crippen LogP contribution in [0.15, 0.2) is 12.1 Å². The number of amides is 3. The van der Waals surface area contributed by atoms with Crippen molar-refractivity contribution in [2.75, 3.05) is 5.12 Å². The fourth-order valence-electron chi connectivity index (χ4n) is 1.97. The smallest absolute Gasteiger partial charge is 0.267 e. The van der Waals surface area contributed by atoms with Crippen molar-refractivity contribution in [1.29, 1.82) is 0 Å². The van der Waals surface area contributed by atoms with E-state index in [1.165, 1.54) is 6.92 Å². The number of nitrogens with zero attached hydrogens (tertiary/aromatic N) is 1. The van der Waals surface area contributed by atoms with Gasteiger partial charge < -0.3 is 0 Å². The zero-order valence-corrected chi connectivity index (χ0v) is 11.0. The Balaban J connectivity index is 2.26. The van der Waals surface area contributed by atoms with Crippen LogP contribution in [0.1, 0.15) is 18.4 Å². The van der Waals surface area contributed by atoms with Crippen molar-refractivity contribution in [2.24, 2.45) is 5.92 Å². The lowest BCUT2D eigenvalue weighted by Gasteiger charge is -2.22. The van der Waals surface area contributed by atoms with Gasteiger partial charge in [0.2, 0.25) is 11.8 Å². The molecule has 1 unspecified atom stereocenters. The van der Waals surface area contributed by atoms with Gasteiger partial charge in [0.15, 0.2) is 11.6 Å². The topological polar surface area (TPSA) is 66.5 Å². The molecule has 1 aliphatic heterocycles. The number of nitrogens with one attached hydrogen (secondary N) is 1. The van der Waals surface area contributed by atoms with E-state index in [1.807, 2.05) is 5.32 Å². The van der Waals surface area contributed by atoms with E-state index < -0.39 is 46.1 Å². The average Bonchev–Trinajstić information content (AvgIpc) is 2.44. The quantitative estimate of drug-likeness (QED) is 0.512. The Labute approximate surface area is 117 Å². The molecule has 1 saturated heterocycles. The van der Waals surface area contributed by atoms with E-state index in [-0.39, 0.29) is 18.4 Å². The zero-order valence-electron chi connectivity index (χ0n) is 11.0. The molecule has 112 valence electrons. The van der Waals surface area contributed by atoms with E-state index in [0.717, 1.165) is 12.1 Å². The third-order valence-corrected chi connectivity index (χ3v) is 3.20. The summed E-state index contributed by atoms with van der Waals surface area (Å²) in [6, 6.07) is 2.01. The van der Waals surface area contributed by atoms with E-state index in [2.05, 4.69) is 0 Å². The van der Waals surface area contributed by atoms with Crippen molar-refractivity contribution in [3.8, 4) is 0 Å². The van der Waals surface area contributed by atoms with Gasteiger partial charge in [-0.05, 0) is 25.0 Å². The van der Waals surface area contributed by atoms with Crippen LogP contribution in [-0.4, -0.2) is 17.7 Å². The average molecular weight is 300 g/mol. The van der Waals surface area contributed by atoms with Crippen LogP contribution in [0.25, 0.3) is 0 Å². The Kier molecular flexibility index (Phi) is 3.97. The molecule has 21 heavy (non-hydrogen) atoms. The van der Waals surface area contributed by atoms with Crippen LogP contribution in [0.4, 0.5) is 18.9 Å². The Hall–Kier alpha value is -2.38. The van der Waals surface area contributed by atoms with Crippen LogP contribution < -0.4 is 10.4 Å². The lowest BCUT2D eigenvalue weighted by molar-refractivity contribution is -0.141. The molecule has 1 N–H and O–H groups in total. The standard InChI is InChI=1S/C13H11F3N2O3/c1-6-2-4-8(11(15)10(6)14)18(16)13(21)7-3-5-9(19)17-12(7)20/h2,4,7H,3,5H2,1H3,(H,17,19,20). The summed E-state index contributed by atoms with van der Waals surface area (Å²) in [6.07, 6.45) is -0.305. The number of anilines is 1. The molecule has 5 nitrogen and oxygen atoms in total. The Bertz CT molecular complexity index is 633. The van der Waals surface area contributed by atoms with Gasteiger partial charge in [-0.1, -0.05) is 10.5 Å². The molecule has 0 bridgehead atoms. The van der Waals surface area contributed by atoms with E-state index in [1.54, 1.807) is 0 Å². The third kappa shape index (κ3) is 2.74. The molecule has 1 atom stereocenters. The highest BCUT2D eigenvalue weighted by molar-refractivity contribution is 6.12. The van der Waals surface area contributed by atoms with Gasteiger partial charge in [0, 0.05) is 6.42 Å². The third-order valence-electron chi connectivity index (χ3n) is 3.20. The van der Waals surface area contributed by atoms with E-state index in [4.69, 9.17) is 0 Å². The lowest BCUT2D eigenvalue weighted by Crippen LogP contribution is -2.47. The number of piperidine rings is 1. The van der Waals surface area contributed by atoms with Gasteiger partial charge in [-0.15, -0.1) is 5.12 Å². The zero-order chi connectivity index (χ0) is 15.7. The van der Waals surface area contributed by atoms with Gasteiger partial charge in [0.1, 0.15) is 11.6 Å². The predicted octanol–water partition coefficient (Wildman–Crippen LogP) is 1.54. The van der Waals surface area contributed by atoms with Crippen molar-refractivity contribution < 1.29 is 27.6 Å². The number of imide groups is 1. The van der Waals surface area contributed by atoms with Crippen molar-refractivity contribution in [2.45, 2.75) is 19.8 Å². The molecule has 1 aliphatic rings. The van der Waals surface area contributed by atoms with Crippen LogP contribution in [0.2, 0.25) is 0 Å². The number of hydrogen-bond acceptors (Lipinski definition) is 3. The van der Waals surface area contributed by atoms with Crippen molar-refractivity contribution in [1.82, 2.24) is 5.32 Å². The Morgan fingerprint density at radius 2 is 1.95 bits per heavy atom. The molecule has 1 fully saturated rings. The van der Waals surface area contributed by atoms with Crippen molar-refractivity contribution in [3.05, 3.63) is 29.3 Å². The molecule has 1 heterocycles. The lowest BCUT2D eigenvalue weighted by atomic mass is 9.97. The number of carbonyl (C=O) groups is 3. The molecule has 0 spiro atoms. The molecule has 0 aromatic heterocycles. The molecule has 1 aromatic carbocycles. The molecular formula is C13H11F3N2O3. The van der Waals surface area contributed by atoms with Crippen LogP contribution in [0, 0.1) is 24.5 Å². The molecule has 0 saturated carbocycles. The minimum atomic E-state index is -1.52. The maximum absolute atomic E-state index is 14.0. The van der Waals surface area contributed by atoms with E-state index >= 15 is 0 Å². The summed E-state index contributed by atoms with van der Waals surface area (Å²) >= 11 is 0. The first-order valence-corrected chi connectivity index (χ1v) is 6.11. The van der Waals surface area contributed by atoms with Crippen molar-refractivity contribution >= 4 is 23.4 Å². The molecule has 8 heteroatoms. The number of rotatable bonds is 2. The van der Waals surface area contributed by atoms with Crippen LogP contribution >= 0.6 is 0 Å². The van der Waals surface area contributed by atoms with Gasteiger partial charge in [-0.2, -0.15) is 0 Å². The first kappa shape index (κ1) is 15.0. The summed E-state index contributed by atoms with van der Waals surface area (Å²) in [5, 5.41) is 1.29. The highest BCUT2D eigenvalue weighted by atomic mass is 19.2. The number of benzene rings is 1. The van der Waals surface area contributed by atoms with Gasteiger partial charge >= 0.3 is 0 Å². The fourth-order valence-corrected chi connectivity index (χ4v) is 1.97. The first-order valence-electron chi connectivity index (χ1n) is 6.11. The minimum Gasteiger partial charge on any atom is -0.296 e. The van der Waals surface area contributed by atoms with Crippen LogP contribution in [-0.2, 0) is 14.4 Å². The summed E-state index contributed by atoms with van der Waals surface area (Å²) in [5.74, 6) is -7.10. The van der Waals surface area contributed by atoms with Crippen molar-refractivity contribution in [3.63, 3.8) is 0 Å². The van der Waals surface area contributed by atoms with Crippen LogP contribution in [0.5, 0.6) is 0 Å². The van der Waals surface area contributed by atoms with Gasteiger partial charge in [-0.25, -0.2) is 8.78 Å². The summed E-state index contributed by atoms with van der Waals surface area (Å²) in [6.45, 7) is 1.28. The highest BCUT2D eigenvalue weighted by Gasteiger charge is 2.37. The summed E-state index contributed by atoms with van der Waals surface area (Å²) in [7, 11) is 0. The second-order valence-corrected chi connectivity index (χ2v) is 4.65. The Morgan fingerprint density at radius 3 is 2.57 bits per heavy atom. The molecule has 0 aliphatic carbocycles. The Morgan fingerprint density at radius 1 is 1.29 bits per heavy atom. The second-order valence-electron chi connectivity index (χ2n) is 4.65. The fraction of sp³-hybridized carbons (Fsp3) is 0.308. The molecule has 3 amide bonds. The number of carbonyl (C=O) groups excluding carboxylic acids is 3. The normalized spacial score (nSPS) is 18.4. The summed E-state index contributed by atoms with van der Waals surface area (Å²) < 4.78 is 41.0. The van der Waals surface area contributed by atoms with E-state index in [9.17, 15) is 27.6 Å². The highest BCUT2D eigenvalue weighted by Crippen LogP contribution is 2.27. The summed E-state index contributed by atoms with van der Waals surface area (Å²) in [4.78, 5) is 34.3. The second kappa shape index (κ2) is 5.55. The number of hydrogen-bond donors (Lipinski definition) is 1. The monoisotopic (exact) mass is 300 g/mol. The maximum Gasteiger partial charge on any atom is 0.267 e. The molecule has 0 radical (unpaired) electrons. The summed E-state index contributed by atoms with van der Waals surface area (Å²) in [5.41, 5.74) is -0.953. The number of aryl methyl sites for hydroxylation is 1. The molecule has 1 aromatic rings. The van der Waals surface area contributed by atoms with Crippen LogP contribution in [0.3, 0.4) is 0 Å². The predicted molar refractivity (Wildman–Crippen MR) is 65.6 cm³/mol. The van der Waals surface area contributed by atoms with E-state index in [0.29, 0.717) is 0 Å². The SMILES string of the molecule is Cc1ccc(N(F)C(=O)C2CCC(=O)NC2=O)c(F)c1F. The van der Waals surface area contributed by atoms with Gasteiger partial charge in [-0.3, -0.25) is 19.7 Å². The molecule has 2 rings (SSSR count). The molecular weight excluding hydrogens is 289 g/mol. The van der Waals surface area contributed by atoms with Gasteiger partial charge in [0.25, 0.3) is 5.91 Å². The maximum atomic E-state index is 14.0. The number of halogens is 3. The minimum absolute atomic E-state index is 0.0434.